The fourth-order valence-electron chi connectivity index (χ4n) is 1.85. The van der Waals surface area contributed by atoms with Crippen molar-refractivity contribution < 1.29 is 17.5 Å². The molecule has 0 bridgehead atoms. The fourth-order valence-corrected chi connectivity index (χ4v) is 2.56. The van der Waals surface area contributed by atoms with Gasteiger partial charge in [0.25, 0.3) is 0 Å². The first-order valence-corrected chi connectivity index (χ1v) is 6.96. The minimum absolute atomic E-state index is 0.146. The number of nitrogens with one attached hydrogen (secondary N) is 1. The molecule has 1 heterocycles. The first-order valence-electron chi connectivity index (χ1n) is 5.52. The molecule has 0 spiro atoms. The highest BCUT2D eigenvalue weighted by Gasteiger charge is 2.28. The van der Waals surface area contributed by atoms with Crippen molar-refractivity contribution in [1.82, 2.24) is 4.98 Å². The zero-order valence-corrected chi connectivity index (χ0v) is 10.4. The van der Waals surface area contributed by atoms with Crippen molar-refractivity contribution in [2.45, 2.75) is 31.5 Å². The summed E-state index contributed by atoms with van der Waals surface area (Å²) in [6.07, 6.45) is 1.81. The van der Waals surface area contributed by atoms with Gasteiger partial charge in [0.15, 0.2) is 11.0 Å². The first kappa shape index (κ1) is 12.1. The minimum Gasteiger partial charge on any atom is -0.276 e. The molecule has 1 aromatic carbocycles. The molecular formula is C11H15N2O3S+. The van der Waals surface area contributed by atoms with Gasteiger partial charge in [0.05, 0.1) is 6.54 Å². The quantitative estimate of drug-likeness (QED) is 0.642. The Balaban J connectivity index is 2.65. The lowest BCUT2D eigenvalue weighted by Crippen LogP contribution is -2.38. The van der Waals surface area contributed by atoms with E-state index < -0.39 is 10.1 Å². The Morgan fingerprint density at radius 3 is 2.71 bits per heavy atom. The van der Waals surface area contributed by atoms with E-state index in [9.17, 15) is 13.0 Å². The second kappa shape index (κ2) is 4.46. The van der Waals surface area contributed by atoms with E-state index in [1.165, 1.54) is 0 Å². The van der Waals surface area contributed by atoms with Gasteiger partial charge in [-0.25, -0.2) is 9.55 Å². The number of rotatable bonds is 4. The maximum Gasteiger partial charge on any atom is 0.401 e. The molecule has 0 aliphatic rings. The number of hydrogen-bond acceptors (Lipinski definition) is 2. The zero-order valence-electron chi connectivity index (χ0n) is 9.55. The van der Waals surface area contributed by atoms with Crippen LogP contribution in [0.25, 0.3) is 11.0 Å². The summed E-state index contributed by atoms with van der Waals surface area (Å²) in [6.45, 7) is 2.60. The minimum atomic E-state index is -4.22. The maximum atomic E-state index is 11.3. The van der Waals surface area contributed by atoms with Crippen molar-refractivity contribution in [3.05, 3.63) is 24.3 Å². The van der Waals surface area contributed by atoms with Crippen molar-refractivity contribution in [3.8, 4) is 0 Å². The van der Waals surface area contributed by atoms with Gasteiger partial charge < -0.3 is 0 Å². The van der Waals surface area contributed by atoms with Gasteiger partial charge in [-0.1, -0.05) is 25.5 Å². The monoisotopic (exact) mass is 255 g/mol. The lowest BCUT2D eigenvalue weighted by Gasteiger charge is -1.98. The van der Waals surface area contributed by atoms with Crippen LogP contribution in [0.2, 0.25) is 0 Å². The fraction of sp³-hybridized carbons (Fsp3) is 0.364. The van der Waals surface area contributed by atoms with Gasteiger partial charge in [-0.2, -0.15) is 8.42 Å². The summed E-state index contributed by atoms with van der Waals surface area (Å²) in [5, 5.41) is -0.146. The van der Waals surface area contributed by atoms with Crippen LogP contribution in [0.4, 0.5) is 0 Å². The molecule has 0 radical (unpaired) electrons. The van der Waals surface area contributed by atoms with Gasteiger partial charge in [0, 0.05) is 0 Å². The summed E-state index contributed by atoms with van der Waals surface area (Å²) in [7, 11) is -4.22. The number of aromatic nitrogens is 2. The van der Waals surface area contributed by atoms with E-state index >= 15 is 0 Å². The summed E-state index contributed by atoms with van der Waals surface area (Å²) < 4.78 is 33.4. The molecule has 0 amide bonds. The van der Waals surface area contributed by atoms with E-state index in [2.05, 4.69) is 4.98 Å². The van der Waals surface area contributed by atoms with Gasteiger partial charge in [-0.15, -0.1) is 0 Å². The molecule has 2 N–H and O–H groups in total. The lowest BCUT2D eigenvalue weighted by molar-refractivity contribution is -0.710. The predicted molar refractivity (Wildman–Crippen MR) is 63.2 cm³/mol. The maximum absolute atomic E-state index is 11.3. The molecule has 17 heavy (non-hydrogen) atoms. The van der Waals surface area contributed by atoms with Crippen LogP contribution in [0.1, 0.15) is 19.8 Å². The second-order valence-electron chi connectivity index (χ2n) is 3.93. The molecule has 5 nitrogen and oxygen atoms in total. The Morgan fingerprint density at radius 2 is 2.06 bits per heavy atom. The Morgan fingerprint density at radius 1 is 1.35 bits per heavy atom. The average molecular weight is 255 g/mol. The van der Waals surface area contributed by atoms with Crippen LogP contribution in [-0.4, -0.2) is 18.0 Å². The van der Waals surface area contributed by atoms with E-state index in [1.54, 1.807) is 10.6 Å². The Hall–Kier alpha value is -1.40. The number of para-hydroxylation sites is 2. The SMILES string of the molecule is CCCC[n+]1c(S(=O)(=O)O)[nH]c2ccccc21. The number of fused-ring (bicyclic) bond motifs is 1. The third kappa shape index (κ3) is 2.32. The van der Waals surface area contributed by atoms with Crippen LogP contribution < -0.4 is 4.57 Å². The van der Waals surface area contributed by atoms with Crippen LogP contribution in [0.15, 0.2) is 29.4 Å². The van der Waals surface area contributed by atoms with Gasteiger partial charge in [-0.05, 0) is 18.6 Å². The molecule has 0 unspecified atom stereocenters. The van der Waals surface area contributed by atoms with E-state index in [0.29, 0.717) is 12.1 Å². The van der Waals surface area contributed by atoms with Crippen LogP contribution in [-0.2, 0) is 16.7 Å². The zero-order chi connectivity index (χ0) is 12.5. The molecule has 0 aliphatic heterocycles. The molecule has 0 atom stereocenters. The van der Waals surface area contributed by atoms with E-state index in [4.69, 9.17) is 0 Å². The van der Waals surface area contributed by atoms with E-state index in [-0.39, 0.29) is 5.16 Å². The number of unbranched alkanes of at least 4 members (excludes halogenated alkanes) is 1. The summed E-state index contributed by atoms with van der Waals surface area (Å²) >= 11 is 0. The predicted octanol–water partition coefficient (Wildman–Crippen LogP) is 1.50. The molecule has 0 saturated heterocycles. The number of imidazole rings is 1. The number of H-pyrrole nitrogens is 1. The summed E-state index contributed by atoms with van der Waals surface area (Å²) in [4.78, 5) is 2.74. The van der Waals surface area contributed by atoms with Crippen LogP contribution >= 0.6 is 0 Å². The molecule has 6 heteroatoms. The Labute approximate surface area is 99.8 Å². The summed E-state index contributed by atoms with van der Waals surface area (Å²) in [5.41, 5.74) is 1.49. The van der Waals surface area contributed by atoms with Crippen molar-refractivity contribution in [2.75, 3.05) is 0 Å². The van der Waals surface area contributed by atoms with E-state index in [0.717, 1.165) is 18.4 Å². The average Bonchev–Trinajstić information content (AvgIpc) is 2.65. The molecule has 2 rings (SSSR count). The second-order valence-corrected chi connectivity index (χ2v) is 5.26. The number of benzene rings is 1. The molecule has 1 aromatic heterocycles. The number of aromatic amines is 1. The molecule has 0 fully saturated rings. The van der Waals surface area contributed by atoms with Crippen molar-refractivity contribution >= 4 is 21.2 Å². The smallest absolute Gasteiger partial charge is 0.276 e. The van der Waals surface area contributed by atoms with Crippen LogP contribution in [0.5, 0.6) is 0 Å². The Bertz CT molecular complexity index is 631. The van der Waals surface area contributed by atoms with Gasteiger partial charge >= 0.3 is 15.3 Å². The van der Waals surface area contributed by atoms with Gasteiger partial charge in [0.1, 0.15) is 0 Å². The van der Waals surface area contributed by atoms with Crippen molar-refractivity contribution in [1.29, 1.82) is 0 Å². The topological polar surface area (TPSA) is 74.0 Å². The number of aryl methyl sites for hydroxylation is 1. The van der Waals surface area contributed by atoms with Crippen LogP contribution in [0, 0.1) is 0 Å². The van der Waals surface area contributed by atoms with Crippen LogP contribution in [0.3, 0.4) is 0 Å². The van der Waals surface area contributed by atoms with E-state index in [1.807, 2.05) is 25.1 Å². The standard InChI is InChI=1S/C11H14N2O3S/c1-2-3-8-13-10-7-5-4-6-9(10)12-11(13)17(14,15)16/h4-7H,2-3,8H2,1H3,(H,14,15,16)/p+1. The number of hydrogen-bond donors (Lipinski definition) is 2. The highest BCUT2D eigenvalue weighted by atomic mass is 32.2. The Kier molecular flexibility index (Phi) is 3.17. The van der Waals surface area contributed by atoms with Gasteiger partial charge in [-0.3, -0.25) is 4.55 Å². The highest BCUT2D eigenvalue weighted by Crippen LogP contribution is 2.12. The third-order valence-electron chi connectivity index (χ3n) is 2.66. The largest absolute Gasteiger partial charge is 0.401 e. The third-order valence-corrected chi connectivity index (χ3v) is 3.47. The molecular weight excluding hydrogens is 240 g/mol. The molecule has 92 valence electrons. The molecule has 0 aliphatic carbocycles. The first-order chi connectivity index (χ1) is 8.04. The summed E-state index contributed by atoms with van der Waals surface area (Å²) in [5.74, 6) is 0. The summed E-state index contributed by atoms with van der Waals surface area (Å²) in [6, 6.07) is 7.27. The van der Waals surface area contributed by atoms with Gasteiger partial charge in [0.2, 0.25) is 0 Å². The molecule has 2 aromatic rings. The number of nitrogens with zero attached hydrogens (tertiary/aromatic N) is 1. The lowest BCUT2D eigenvalue weighted by atomic mass is 10.3. The normalized spacial score (nSPS) is 12.1. The van der Waals surface area contributed by atoms with Crippen molar-refractivity contribution in [3.63, 3.8) is 0 Å². The highest BCUT2D eigenvalue weighted by molar-refractivity contribution is 7.85. The van der Waals surface area contributed by atoms with Crippen molar-refractivity contribution in [2.24, 2.45) is 0 Å². The molecule has 0 saturated carbocycles.